The second-order valence-electron chi connectivity index (χ2n) is 3.17. The molecule has 5 nitrogen and oxygen atoms in total. The zero-order valence-electron chi connectivity index (χ0n) is 8.29. The lowest BCUT2D eigenvalue weighted by Gasteiger charge is -2.02. The molecule has 0 amide bonds. The summed E-state index contributed by atoms with van der Waals surface area (Å²) in [6.45, 7) is 0.374. The maximum Gasteiger partial charge on any atom is 0.134 e. The zero-order valence-corrected chi connectivity index (χ0v) is 8.29. The summed E-state index contributed by atoms with van der Waals surface area (Å²) >= 11 is 0. The first kappa shape index (κ1) is 9.51. The van der Waals surface area contributed by atoms with E-state index < -0.39 is 0 Å². The molecule has 0 aliphatic heterocycles. The third-order valence-electron chi connectivity index (χ3n) is 1.87. The molecule has 0 saturated carbocycles. The summed E-state index contributed by atoms with van der Waals surface area (Å²) in [7, 11) is 1.80. The molecular formula is C10H11N3O2. The van der Waals surface area contributed by atoms with E-state index in [9.17, 15) is 0 Å². The molecular weight excluding hydrogens is 194 g/mol. The molecule has 2 aromatic rings. The number of nitrogens with zero attached hydrogens (tertiary/aromatic N) is 3. The summed E-state index contributed by atoms with van der Waals surface area (Å²) in [5, 5.41) is 16.7. The van der Waals surface area contributed by atoms with E-state index in [2.05, 4.69) is 10.3 Å². The summed E-state index contributed by atoms with van der Waals surface area (Å²) in [6, 6.07) is 6.55. The number of aromatic hydroxyl groups is 1. The molecule has 0 aliphatic carbocycles. The average Bonchev–Trinajstić information content (AvgIpc) is 2.64. The molecule has 0 radical (unpaired) electrons. The number of aromatic nitrogens is 3. The fourth-order valence-corrected chi connectivity index (χ4v) is 1.16. The Morgan fingerprint density at radius 3 is 2.67 bits per heavy atom. The monoisotopic (exact) mass is 205 g/mol. The number of hydrogen-bond acceptors (Lipinski definition) is 4. The average molecular weight is 205 g/mol. The van der Waals surface area contributed by atoms with Crippen molar-refractivity contribution in [2.45, 2.75) is 6.61 Å². The molecule has 1 heterocycles. The van der Waals surface area contributed by atoms with Gasteiger partial charge in [-0.1, -0.05) is 5.21 Å². The summed E-state index contributed by atoms with van der Waals surface area (Å²) < 4.78 is 7.05. The third kappa shape index (κ3) is 2.46. The maximum atomic E-state index is 9.06. The molecule has 0 unspecified atom stereocenters. The largest absolute Gasteiger partial charge is 0.508 e. The van der Waals surface area contributed by atoms with Crippen LogP contribution in [0.4, 0.5) is 0 Å². The molecule has 0 atom stereocenters. The van der Waals surface area contributed by atoms with E-state index >= 15 is 0 Å². The van der Waals surface area contributed by atoms with Crippen LogP contribution in [0.2, 0.25) is 0 Å². The van der Waals surface area contributed by atoms with Gasteiger partial charge in [0.05, 0.1) is 6.20 Å². The van der Waals surface area contributed by atoms with Gasteiger partial charge in [0.2, 0.25) is 0 Å². The molecule has 0 fully saturated rings. The van der Waals surface area contributed by atoms with Crippen molar-refractivity contribution in [3.8, 4) is 11.5 Å². The molecule has 1 N–H and O–H groups in total. The topological polar surface area (TPSA) is 60.2 Å². The summed E-state index contributed by atoms with van der Waals surface area (Å²) in [5.41, 5.74) is 0.769. The highest BCUT2D eigenvalue weighted by Crippen LogP contribution is 2.16. The number of ether oxygens (including phenoxy) is 1. The summed E-state index contributed by atoms with van der Waals surface area (Å²) in [4.78, 5) is 0. The number of phenols is 1. The number of phenolic OH excluding ortho intramolecular Hbond substituents is 1. The van der Waals surface area contributed by atoms with E-state index in [4.69, 9.17) is 9.84 Å². The van der Waals surface area contributed by atoms with Crippen LogP contribution in [0.3, 0.4) is 0 Å². The number of rotatable bonds is 3. The molecule has 1 aromatic heterocycles. The first-order chi connectivity index (χ1) is 7.24. The van der Waals surface area contributed by atoms with Gasteiger partial charge in [-0.3, -0.25) is 4.68 Å². The van der Waals surface area contributed by atoms with Gasteiger partial charge >= 0.3 is 0 Å². The van der Waals surface area contributed by atoms with Crippen LogP contribution in [0.5, 0.6) is 11.5 Å². The predicted octanol–water partition coefficient (Wildman–Crippen LogP) is 1.10. The maximum absolute atomic E-state index is 9.06. The van der Waals surface area contributed by atoms with Crippen LogP contribution in [0, 0.1) is 0 Å². The molecule has 5 heteroatoms. The fraction of sp³-hybridized carbons (Fsp3) is 0.200. The molecule has 1 aromatic carbocycles. The minimum atomic E-state index is 0.224. The highest BCUT2D eigenvalue weighted by Gasteiger charge is 1.99. The normalized spacial score (nSPS) is 10.2. The molecule has 78 valence electrons. The Kier molecular flexibility index (Phi) is 2.53. The zero-order chi connectivity index (χ0) is 10.7. The van der Waals surface area contributed by atoms with Gasteiger partial charge in [0.25, 0.3) is 0 Å². The van der Waals surface area contributed by atoms with Crippen molar-refractivity contribution >= 4 is 0 Å². The highest BCUT2D eigenvalue weighted by atomic mass is 16.5. The Morgan fingerprint density at radius 2 is 2.07 bits per heavy atom. The SMILES string of the molecule is Cn1cc(COc2ccc(O)cc2)nn1. The Bertz CT molecular complexity index is 436. The number of aryl methyl sites for hydroxylation is 1. The second kappa shape index (κ2) is 4.00. The number of benzene rings is 1. The molecule has 0 aliphatic rings. The van der Waals surface area contributed by atoms with E-state index in [1.165, 1.54) is 0 Å². The molecule has 0 bridgehead atoms. The summed E-state index contributed by atoms with van der Waals surface area (Å²) in [5.74, 6) is 0.917. The van der Waals surface area contributed by atoms with Gasteiger partial charge in [0.1, 0.15) is 23.8 Å². The van der Waals surface area contributed by atoms with Gasteiger partial charge in [-0.05, 0) is 24.3 Å². The van der Waals surface area contributed by atoms with Crippen LogP contribution in [0.1, 0.15) is 5.69 Å². The summed E-state index contributed by atoms with van der Waals surface area (Å²) in [6.07, 6.45) is 1.79. The Morgan fingerprint density at radius 1 is 1.33 bits per heavy atom. The lowest BCUT2D eigenvalue weighted by molar-refractivity contribution is 0.300. The van der Waals surface area contributed by atoms with Crippen molar-refractivity contribution in [3.05, 3.63) is 36.2 Å². The second-order valence-corrected chi connectivity index (χ2v) is 3.17. The van der Waals surface area contributed by atoms with E-state index in [0.717, 1.165) is 5.69 Å². The van der Waals surface area contributed by atoms with Crippen molar-refractivity contribution in [2.75, 3.05) is 0 Å². The van der Waals surface area contributed by atoms with Crippen LogP contribution in [-0.4, -0.2) is 20.1 Å². The Balaban J connectivity index is 1.96. The van der Waals surface area contributed by atoms with E-state index in [-0.39, 0.29) is 5.75 Å². The van der Waals surface area contributed by atoms with Crippen LogP contribution in [0.15, 0.2) is 30.5 Å². The molecule has 15 heavy (non-hydrogen) atoms. The first-order valence-electron chi connectivity index (χ1n) is 4.51. The lowest BCUT2D eigenvalue weighted by Crippen LogP contribution is -1.95. The minimum Gasteiger partial charge on any atom is -0.508 e. The van der Waals surface area contributed by atoms with Crippen LogP contribution in [0.25, 0.3) is 0 Å². The fourth-order valence-electron chi connectivity index (χ4n) is 1.16. The lowest BCUT2D eigenvalue weighted by atomic mass is 10.3. The van der Waals surface area contributed by atoms with Gasteiger partial charge in [-0.15, -0.1) is 5.10 Å². The van der Waals surface area contributed by atoms with E-state index in [1.54, 1.807) is 42.2 Å². The van der Waals surface area contributed by atoms with Crippen molar-refractivity contribution in [3.63, 3.8) is 0 Å². The van der Waals surface area contributed by atoms with E-state index in [1.807, 2.05) is 0 Å². The molecule has 2 rings (SSSR count). The van der Waals surface area contributed by atoms with Gasteiger partial charge in [0, 0.05) is 7.05 Å². The van der Waals surface area contributed by atoms with E-state index in [0.29, 0.717) is 12.4 Å². The van der Waals surface area contributed by atoms with Gasteiger partial charge in [-0.25, -0.2) is 0 Å². The number of hydrogen-bond donors (Lipinski definition) is 1. The van der Waals surface area contributed by atoms with Gasteiger partial charge in [-0.2, -0.15) is 0 Å². The quantitative estimate of drug-likeness (QED) is 0.815. The third-order valence-corrected chi connectivity index (χ3v) is 1.87. The smallest absolute Gasteiger partial charge is 0.134 e. The first-order valence-corrected chi connectivity index (χ1v) is 4.51. The van der Waals surface area contributed by atoms with Crippen molar-refractivity contribution < 1.29 is 9.84 Å². The minimum absolute atomic E-state index is 0.224. The van der Waals surface area contributed by atoms with Crippen LogP contribution in [-0.2, 0) is 13.7 Å². The van der Waals surface area contributed by atoms with Crippen LogP contribution >= 0.6 is 0 Å². The molecule has 0 saturated heterocycles. The van der Waals surface area contributed by atoms with Gasteiger partial charge < -0.3 is 9.84 Å². The standard InChI is InChI=1S/C10H11N3O2/c1-13-6-8(11-12-13)7-15-10-4-2-9(14)3-5-10/h2-6,14H,7H2,1H3. The highest BCUT2D eigenvalue weighted by molar-refractivity contribution is 5.30. The van der Waals surface area contributed by atoms with Crippen molar-refractivity contribution in [1.29, 1.82) is 0 Å². The Labute approximate surface area is 86.9 Å². The van der Waals surface area contributed by atoms with Crippen LogP contribution < -0.4 is 4.74 Å². The van der Waals surface area contributed by atoms with Gasteiger partial charge in [0.15, 0.2) is 0 Å². The van der Waals surface area contributed by atoms with Crippen molar-refractivity contribution in [2.24, 2.45) is 7.05 Å². The predicted molar refractivity (Wildman–Crippen MR) is 53.4 cm³/mol. The molecule has 0 spiro atoms. The Hall–Kier alpha value is -2.04. The van der Waals surface area contributed by atoms with Crippen molar-refractivity contribution in [1.82, 2.24) is 15.0 Å².